The van der Waals surface area contributed by atoms with E-state index in [1.54, 1.807) is 11.9 Å². The van der Waals surface area contributed by atoms with Gasteiger partial charge in [0.05, 0.1) is 29.1 Å². The molecule has 0 saturated carbocycles. The van der Waals surface area contributed by atoms with Gasteiger partial charge in [0, 0.05) is 40.3 Å². The van der Waals surface area contributed by atoms with Crippen molar-refractivity contribution in [2.45, 2.75) is 20.4 Å². The average Bonchev–Trinajstić information content (AvgIpc) is 3.42. The number of aromatic nitrogens is 6. The van der Waals surface area contributed by atoms with E-state index in [-0.39, 0.29) is 23.6 Å². The molecule has 3 aromatic heterocycles. The van der Waals surface area contributed by atoms with Gasteiger partial charge in [0.15, 0.2) is 11.2 Å². The van der Waals surface area contributed by atoms with Gasteiger partial charge in [0.2, 0.25) is 5.91 Å². The van der Waals surface area contributed by atoms with Crippen molar-refractivity contribution in [2.24, 2.45) is 14.1 Å². The fourth-order valence-electron chi connectivity index (χ4n) is 4.85. The third-order valence-electron chi connectivity index (χ3n) is 6.73. The number of hydrogen-bond donors (Lipinski definition) is 0. The van der Waals surface area contributed by atoms with Gasteiger partial charge >= 0.3 is 5.69 Å². The van der Waals surface area contributed by atoms with Crippen molar-refractivity contribution in [1.82, 2.24) is 33.4 Å². The van der Waals surface area contributed by atoms with Crippen molar-refractivity contribution in [3.8, 4) is 5.69 Å². The van der Waals surface area contributed by atoms with E-state index in [4.69, 9.17) is 5.10 Å². The van der Waals surface area contributed by atoms with Crippen molar-refractivity contribution in [1.29, 1.82) is 0 Å². The molecule has 0 unspecified atom stereocenters. The Bertz CT molecular complexity index is 1530. The summed E-state index contributed by atoms with van der Waals surface area (Å²) in [6, 6.07) is 10.0. The van der Waals surface area contributed by atoms with Crippen LogP contribution < -0.4 is 16.1 Å². The van der Waals surface area contributed by atoms with Gasteiger partial charge in [-0.1, -0.05) is 18.2 Å². The van der Waals surface area contributed by atoms with Gasteiger partial charge in [-0.15, -0.1) is 0 Å². The number of nitrogens with zero attached hydrogens (tertiary/aromatic N) is 8. The molecule has 5 rings (SSSR count). The maximum atomic E-state index is 13.1. The van der Waals surface area contributed by atoms with Crippen LogP contribution in [0, 0.1) is 13.8 Å². The monoisotopic (exact) mass is 476 g/mol. The predicted octanol–water partition coefficient (Wildman–Crippen LogP) is 0.585. The highest BCUT2D eigenvalue weighted by molar-refractivity contribution is 5.79. The number of piperazine rings is 1. The Balaban J connectivity index is 1.31. The first-order chi connectivity index (χ1) is 16.8. The molecule has 1 amide bonds. The lowest BCUT2D eigenvalue weighted by Gasteiger charge is -2.36. The molecule has 0 N–H and O–H groups in total. The van der Waals surface area contributed by atoms with E-state index in [0.29, 0.717) is 26.2 Å². The third-order valence-corrected chi connectivity index (χ3v) is 6.73. The quantitative estimate of drug-likeness (QED) is 0.427. The highest BCUT2D eigenvalue weighted by Gasteiger charge is 2.26. The summed E-state index contributed by atoms with van der Waals surface area (Å²) in [7, 11) is 2.98. The fourth-order valence-corrected chi connectivity index (χ4v) is 4.85. The molecule has 0 radical (unpaired) electrons. The Hall–Kier alpha value is -4.15. The Morgan fingerprint density at radius 3 is 2.34 bits per heavy atom. The van der Waals surface area contributed by atoms with Crippen LogP contribution in [0.15, 0.2) is 46.2 Å². The Kier molecular flexibility index (Phi) is 5.54. The third kappa shape index (κ3) is 3.72. The van der Waals surface area contributed by atoms with Gasteiger partial charge in [-0.05, 0) is 26.0 Å². The van der Waals surface area contributed by atoms with Gasteiger partial charge in [-0.3, -0.25) is 18.7 Å². The summed E-state index contributed by atoms with van der Waals surface area (Å²) < 4.78 is 5.84. The number of carbonyl (C=O) groups is 1. The minimum atomic E-state index is -0.459. The van der Waals surface area contributed by atoms with Crippen LogP contribution in [0.5, 0.6) is 0 Å². The number of carbonyl (C=O) groups excluding carboxylic acids is 1. The molecule has 182 valence electrons. The van der Waals surface area contributed by atoms with Crippen LogP contribution in [0.3, 0.4) is 0 Å². The van der Waals surface area contributed by atoms with E-state index in [1.807, 2.05) is 41.9 Å². The molecule has 1 aliphatic rings. The second-order valence-electron chi connectivity index (χ2n) is 8.89. The average molecular weight is 477 g/mol. The van der Waals surface area contributed by atoms with E-state index in [1.165, 1.54) is 22.5 Å². The number of fused-ring (bicyclic) bond motifs is 1. The molecule has 1 aliphatic heterocycles. The lowest BCUT2D eigenvalue weighted by molar-refractivity contribution is -0.132. The van der Waals surface area contributed by atoms with Gasteiger partial charge in [0.25, 0.3) is 5.56 Å². The molecule has 11 nitrogen and oxygen atoms in total. The van der Waals surface area contributed by atoms with E-state index in [0.717, 1.165) is 27.3 Å². The number of aryl methyl sites for hydroxylation is 2. The van der Waals surface area contributed by atoms with Crippen molar-refractivity contribution in [3.05, 3.63) is 68.9 Å². The SMILES string of the molecule is Cc1nn(-c2ccccc2)c(C)c1N1CCN(C(=O)Cn2cnc3c2c(=O)n(C)c(=O)n3C)CC1. The summed E-state index contributed by atoms with van der Waals surface area (Å²) in [4.78, 5) is 46.2. The molecule has 1 aromatic carbocycles. The first-order valence-corrected chi connectivity index (χ1v) is 11.5. The molecule has 4 aromatic rings. The van der Waals surface area contributed by atoms with Crippen LogP contribution in [0.25, 0.3) is 16.9 Å². The van der Waals surface area contributed by atoms with Crippen LogP contribution in [-0.2, 0) is 25.4 Å². The molecule has 0 atom stereocenters. The highest BCUT2D eigenvalue weighted by atomic mass is 16.2. The molecule has 1 fully saturated rings. The Labute approximate surface area is 201 Å². The number of benzene rings is 1. The first kappa shape index (κ1) is 22.6. The fraction of sp³-hybridized carbons (Fsp3) is 0.375. The molecule has 0 bridgehead atoms. The summed E-state index contributed by atoms with van der Waals surface area (Å²) in [5.41, 5.74) is 3.77. The second kappa shape index (κ2) is 8.57. The number of amides is 1. The van der Waals surface area contributed by atoms with Crippen LogP contribution in [-0.4, -0.2) is 65.5 Å². The van der Waals surface area contributed by atoms with Crippen molar-refractivity contribution in [2.75, 3.05) is 31.1 Å². The Morgan fingerprint density at radius 1 is 0.971 bits per heavy atom. The van der Waals surface area contributed by atoms with E-state index < -0.39 is 11.2 Å². The number of rotatable bonds is 4. The minimum absolute atomic E-state index is 0.00601. The van der Waals surface area contributed by atoms with Crippen LogP contribution in [0.4, 0.5) is 5.69 Å². The summed E-state index contributed by atoms with van der Waals surface area (Å²) in [6.07, 6.45) is 1.45. The molecular formula is C24H28N8O3. The molecule has 1 saturated heterocycles. The van der Waals surface area contributed by atoms with Gasteiger partial charge < -0.3 is 14.4 Å². The molecule has 4 heterocycles. The second-order valence-corrected chi connectivity index (χ2v) is 8.89. The first-order valence-electron chi connectivity index (χ1n) is 11.5. The standard InChI is InChI=1S/C24H28N8O3/c1-16-20(17(2)32(26-16)18-8-6-5-7-9-18)30-12-10-29(11-13-30)19(33)14-31-15-25-22-21(31)23(34)28(4)24(35)27(22)3/h5-9,15H,10-14H2,1-4H3. The van der Waals surface area contributed by atoms with Gasteiger partial charge in [-0.2, -0.15) is 5.10 Å². The van der Waals surface area contributed by atoms with Crippen molar-refractivity contribution >= 4 is 22.8 Å². The lowest BCUT2D eigenvalue weighted by Crippen LogP contribution is -2.50. The summed E-state index contributed by atoms with van der Waals surface area (Å²) in [5, 5.41) is 4.75. The molecule has 0 spiro atoms. The summed E-state index contributed by atoms with van der Waals surface area (Å²) >= 11 is 0. The van der Waals surface area contributed by atoms with Gasteiger partial charge in [-0.25, -0.2) is 14.5 Å². The summed E-state index contributed by atoms with van der Waals surface area (Å²) in [6.45, 7) is 6.58. The maximum Gasteiger partial charge on any atom is 0.332 e. The molecule has 0 aliphatic carbocycles. The summed E-state index contributed by atoms with van der Waals surface area (Å²) in [5.74, 6) is -0.0896. The smallest absolute Gasteiger partial charge is 0.332 e. The maximum absolute atomic E-state index is 13.1. The number of hydrogen-bond acceptors (Lipinski definition) is 6. The Morgan fingerprint density at radius 2 is 1.66 bits per heavy atom. The van der Waals surface area contributed by atoms with E-state index in [9.17, 15) is 14.4 Å². The highest BCUT2D eigenvalue weighted by Crippen LogP contribution is 2.27. The predicted molar refractivity (Wildman–Crippen MR) is 132 cm³/mol. The number of imidazole rings is 1. The molecular weight excluding hydrogens is 448 g/mol. The van der Waals surface area contributed by atoms with Crippen LogP contribution in [0.1, 0.15) is 11.4 Å². The number of para-hydroxylation sites is 1. The van der Waals surface area contributed by atoms with Crippen molar-refractivity contribution in [3.63, 3.8) is 0 Å². The zero-order chi connectivity index (χ0) is 24.9. The molecule has 11 heteroatoms. The van der Waals surface area contributed by atoms with Gasteiger partial charge in [0.1, 0.15) is 6.54 Å². The minimum Gasteiger partial charge on any atom is -0.365 e. The largest absolute Gasteiger partial charge is 0.365 e. The zero-order valence-corrected chi connectivity index (χ0v) is 20.3. The lowest BCUT2D eigenvalue weighted by atomic mass is 10.2. The van der Waals surface area contributed by atoms with Crippen molar-refractivity contribution < 1.29 is 4.79 Å². The topological polar surface area (TPSA) is 103 Å². The number of anilines is 1. The zero-order valence-electron chi connectivity index (χ0n) is 20.3. The normalized spacial score (nSPS) is 14.2. The van der Waals surface area contributed by atoms with Crippen LogP contribution in [0.2, 0.25) is 0 Å². The van der Waals surface area contributed by atoms with Crippen LogP contribution >= 0.6 is 0 Å². The van der Waals surface area contributed by atoms with E-state index in [2.05, 4.69) is 16.8 Å². The van der Waals surface area contributed by atoms with E-state index >= 15 is 0 Å². The molecule has 35 heavy (non-hydrogen) atoms.